The van der Waals surface area contributed by atoms with Gasteiger partial charge in [-0.2, -0.15) is 5.10 Å². The zero-order valence-corrected chi connectivity index (χ0v) is 20.3. The molecule has 0 atom stereocenters. The van der Waals surface area contributed by atoms with Crippen LogP contribution in [0, 0.1) is 18.7 Å². The maximum Gasteiger partial charge on any atom is 0.262 e. The predicted octanol–water partition coefficient (Wildman–Crippen LogP) is 4.60. The molecule has 3 rings (SSSR count). The van der Waals surface area contributed by atoms with Crippen molar-refractivity contribution in [1.82, 2.24) is 14.7 Å². The fourth-order valence-electron chi connectivity index (χ4n) is 3.61. The molecule has 8 heteroatoms. The Balaban J connectivity index is 1.90. The maximum atomic E-state index is 15.0. The normalized spacial score (nSPS) is 12.0. The molecule has 0 radical (unpaired) electrons. The van der Waals surface area contributed by atoms with Crippen molar-refractivity contribution in [3.05, 3.63) is 65.2 Å². The second kappa shape index (κ2) is 9.42. The molecule has 1 heterocycles. The molecule has 0 saturated carbocycles. The van der Waals surface area contributed by atoms with E-state index in [1.54, 1.807) is 36.0 Å². The summed E-state index contributed by atoms with van der Waals surface area (Å²) in [5.41, 5.74) is 3.66. The third-order valence-electron chi connectivity index (χ3n) is 5.29. The van der Waals surface area contributed by atoms with Crippen molar-refractivity contribution in [2.45, 2.75) is 38.6 Å². The number of aromatic nitrogens is 2. The van der Waals surface area contributed by atoms with Gasteiger partial charge >= 0.3 is 0 Å². The molecule has 0 saturated heterocycles. The van der Waals surface area contributed by atoms with Gasteiger partial charge in [0.25, 0.3) is 10.0 Å². The lowest BCUT2D eigenvalue weighted by molar-refractivity contribution is 0.393. The summed E-state index contributed by atoms with van der Waals surface area (Å²) in [6.45, 7) is 6.45. The van der Waals surface area contributed by atoms with Crippen LogP contribution in [-0.2, 0) is 30.0 Å². The molecule has 0 aliphatic carbocycles. The fourth-order valence-corrected chi connectivity index (χ4v) is 4.76. The van der Waals surface area contributed by atoms with Crippen LogP contribution in [0.5, 0.6) is 0 Å². The Kier molecular flexibility index (Phi) is 7.05. The maximum absolute atomic E-state index is 15.0. The van der Waals surface area contributed by atoms with Crippen molar-refractivity contribution >= 4 is 15.7 Å². The molecular weight excluding hydrogens is 427 g/mol. The van der Waals surface area contributed by atoms with E-state index in [2.05, 4.69) is 23.7 Å². The summed E-state index contributed by atoms with van der Waals surface area (Å²) >= 11 is 0. The van der Waals surface area contributed by atoms with Crippen LogP contribution in [0.3, 0.4) is 0 Å². The molecule has 172 valence electrons. The number of aryl methyl sites for hydroxylation is 1. The molecule has 0 aliphatic heterocycles. The number of halogens is 1. The molecule has 1 N–H and O–H groups in total. The lowest BCUT2D eigenvalue weighted by atomic mass is 10.0. The molecular formula is C24H31FN4O2S. The van der Waals surface area contributed by atoms with Gasteiger partial charge in [-0.05, 0) is 51.1 Å². The quantitative estimate of drug-likeness (QED) is 0.536. The molecule has 0 fully saturated rings. The van der Waals surface area contributed by atoms with Crippen molar-refractivity contribution in [2.75, 3.05) is 18.8 Å². The Morgan fingerprint density at radius 1 is 1.12 bits per heavy atom. The van der Waals surface area contributed by atoms with Crippen molar-refractivity contribution in [3.8, 4) is 11.1 Å². The van der Waals surface area contributed by atoms with E-state index in [0.29, 0.717) is 41.3 Å². The van der Waals surface area contributed by atoms with Crippen molar-refractivity contribution < 1.29 is 12.8 Å². The number of nitrogens with zero attached hydrogens (tertiary/aromatic N) is 3. The molecule has 0 bridgehead atoms. The van der Waals surface area contributed by atoms with Crippen LogP contribution in [0.1, 0.15) is 30.8 Å². The highest BCUT2D eigenvalue weighted by Gasteiger charge is 2.22. The Morgan fingerprint density at radius 3 is 2.38 bits per heavy atom. The SMILES string of the molecule is Cc1c(NS(=O)(=O)c2ccc(-c3cccc(CN(C)C)c3F)cc2)c(CC(C)C)nn1C. The van der Waals surface area contributed by atoms with Gasteiger partial charge in [0.15, 0.2) is 0 Å². The van der Waals surface area contributed by atoms with Gasteiger partial charge in [-0.3, -0.25) is 9.40 Å². The van der Waals surface area contributed by atoms with Gasteiger partial charge in [0.1, 0.15) is 5.82 Å². The Hall–Kier alpha value is -2.71. The second-order valence-corrected chi connectivity index (χ2v) is 10.5. The second-order valence-electron chi connectivity index (χ2n) is 8.78. The van der Waals surface area contributed by atoms with Gasteiger partial charge < -0.3 is 4.90 Å². The molecule has 6 nitrogen and oxygen atoms in total. The number of hydrogen-bond acceptors (Lipinski definition) is 4. The van der Waals surface area contributed by atoms with Crippen LogP contribution in [0.2, 0.25) is 0 Å². The molecule has 0 aliphatic rings. The van der Waals surface area contributed by atoms with E-state index in [1.165, 1.54) is 12.1 Å². The Morgan fingerprint density at radius 2 is 1.78 bits per heavy atom. The highest BCUT2D eigenvalue weighted by atomic mass is 32.2. The van der Waals surface area contributed by atoms with E-state index in [4.69, 9.17) is 0 Å². The summed E-state index contributed by atoms with van der Waals surface area (Å²) in [5.74, 6) is 0.0456. The summed E-state index contributed by atoms with van der Waals surface area (Å²) in [5, 5.41) is 4.46. The smallest absolute Gasteiger partial charge is 0.262 e. The fraction of sp³-hybridized carbons (Fsp3) is 0.375. The minimum absolute atomic E-state index is 0.116. The number of benzene rings is 2. The first-order valence-corrected chi connectivity index (χ1v) is 12.1. The third-order valence-corrected chi connectivity index (χ3v) is 6.65. The lowest BCUT2D eigenvalue weighted by Crippen LogP contribution is -2.15. The number of sulfonamides is 1. The highest BCUT2D eigenvalue weighted by Crippen LogP contribution is 2.29. The van der Waals surface area contributed by atoms with E-state index in [-0.39, 0.29) is 10.7 Å². The van der Waals surface area contributed by atoms with Crippen LogP contribution in [-0.4, -0.2) is 37.2 Å². The monoisotopic (exact) mass is 458 g/mol. The first-order valence-electron chi connectivity index (χ1n) is 10.6. The van der Waals surface area contributed by atoms with Crippen molar-refractivity contribution in [1.29, 1.82) is 0 Å². The van der Waals surface area contributed by atoms with Gasteiger partial charge in [-0.25, -0.2) is 12.8 Å². The van der Waals surface area contributed by atoms with Crippen LogP contribution in [0.4, 0.5) is 10.1 Å². The molecule has 32 heavy (non-hydrogen) atoms. The molecule has 2 aromatic carbocycles. The number of nitrogens with one attached hydrogen (secondary N) is 1. The topological polar surface area (TPSA) is 67.2 Å². The number of anilines is 1. The number of hydrogen-bond donors (Lipinski definition) is 1. The van der Waals surface area contributed by atoms with Gasteiger partial charge in [0.2, 0.25) is 0 Å². The molecule has 0 amide bonds. The minimum atomic E-state index is -3.82. The Bertz CT molecular complexity index is 1200. The summed E-state index contributed by atoms with van der Waals surface area (Å²) < 4.78 is 45.5. The van der Waals surface area contributed by atoms with Crippen LogP contribution in [0.15, 0.2) is 47.4 Å². The molecule has 1 aromatic heterocycles. The zero-order chi connectivity index (χ0) is 23.6. The van der Waals surface area contributed by atoms with E-state index in [1.807, 2.05) is 32.0 Å². The lowest BCUT2D eigenvalue weighted by Gasteiger charge is -2.14. The van der Waals surface area contributed by atoms with Gasteiger partial charge in [-0.15, -0.1) is 0 Å². The summed E-state index contributed by atoms with van der Waals surface area (Å²) in [7, 11) is 1.75. The summed E-state index contributed by atoms with van der Waals surface area (Å²) in [6, 6.07) is 11.5. The summed E-state index contributed by atoms with van der Waals surface area (Å²) in [6.07, 6.45) is 0.668. The van der Waals surface area contributed by atoms with Crippen molar-refractivity contribution in [3.63, 3.8) is 0 Å². The van der Waals surface area contributed by atoms with Crippen LogP contribution < -0.4 is 4.72 Å². The first-order chi connectivity index (χ1) is 15.0. The summed E-state index contributed by atoms with van der Waals surface area (Å²) in [4.78, 5) is 2.02. The molecule has 0 spiro atoms. The average Bonchev–Trinajstić information content (AvgIpc) is 2.96. The van der Waals surface area contributed by atoms with E-state index in [9.17, 15) is 12.8 Å². The van der Waals surface area contributed by atoms with Gasteiger partial charge in [-0.1, -0.05) is 44.2 Å². The average molecular weight is 459 g/mol. The predicted molar refractivity (Wildman–Crippen MR) is 127 cm³/mol. The zero-order valence-electron chi connectivity index (χ0n) is 19.5. The molecule has 3 aromatic rings. The van der Waals surface area contributed by atoms with Gasteiger partial charge in [0, 0.05) is 24.7 Å². The minimum Gasteiger partial charge on any atom is -0.305 e. The van der Waals surface area contributed by atoms with Crippen molar-refractivity contribution in [2.24, 2.45) is 13.0 Å². The van der Waals surface area contributed by atoms with Crippen LogP contribution in [0.25, 0.3) is 11.1 Å². The standard InChI is InChI=1S/C24H31FN4O2S/c1-16(2)14-22-24(17(3)29(6)26-22)27-32(30,31)20-12-10-18(11-13-20)21-9-7-8-19(23(21)25)15-28(4)5/h7-13,16,27H,14-15H2,1-6H3. The van der Waals surface area contributed by atoms with Gasteiger partial charge in [0.05, 0.1) is 22.0 Å². The highest BCUT2D eigenvalue weighted by molar-refractivity contribution is 7.92. The Labute approximate surface area is 190 Å². The number of rotatable bonds is 8. The van der Waals surface area contributed by atoms with Crippen LogP contribution >= 0.6 is 0 Å². The molecule has 0 unspecified atom stereocenters. The third kappa shape index (κ3) is 5.19. The first kappa shape index (κ1) is 23.9. The van der Waals surface area contributed by atoms with E-state index >= 15 is 0 Å². The largest absolute Gasteiger partial charge is 0.305 e. The van der Waals surface area contributed by atoms with E-state index in [0.717, 1.165) is 11.4 Å². The van der Waals surface area contributed by atoms with E-state index < -0.39 is 10.0 Å².